The van der Waals surface area contributed by atoms with Crippen LogP contribution in [0.3, 0.4) is 0 Å². The van der Waals surface area contributed by atoms with E-state index in [1.54, 1.807) is 18.2 Å². The molecule has 1 amide bonds. The van der Waals surface area contributed by atoms with Crippen molar-refractivity contribution in [2.24, 2.45) is 0 Å². The van der Waals surface area contributed by atoms with Gasteiger partial charge in [0.05, 0.1) is 35.3 Å². The first-order valence-corrected chi connectivity index (χ1v) is 8.99. The Bertz CT molecular complexity index is 772. The third kappa shape index (κ3) is 4.35. The molecule has 1 aromatic carbocycles. The van der Waals surface area contributed by atoms with Crippen LogP contribution >= 0.6 is 15.9 Å². The van der Waals surface area contributed by atoms with Crippen molar-refractivity contribution in [1.29, 1.82) is 0 Å². The van der Waals surface area contributed by atoms with Gasteiger partial charge in [0.2, 0.25) is 0 Å². The lowest BCUT2D eigenvalue weighted by molar-refractivity contribution is 0.0718. The molecule has 1 heterocycles. The van der Waals surface area contributed by atoms with Gasteiger partial charge in [-0.1, -0.05) is 28.8 Å². The van der Waals surface area contributed by atoms with Gasteiger partial charge in [0.1, 0.15) is 5.82 Å². The summed E-state index contributed by atoms with van der Waals surface area (Å²) in [5.41, 5.74) is 1.02. The summed E-state index contributed by atoms with van der Waals surface area (Å²) < 4.78 is 14.7. The summed E-state index contributed by atoms with van der Waals surface area (Å²) in [6.07, 6.45) is 5.85. The molecular formula is C18H19BrFN3O2. The second-order valence-corrected chi connectivity index (χ2v) is 7.02. The summed E-state index contributed by atoms with van der Waals surface area (Å²) >= 11 is 3.21. The molecule has 7 heteroatoms. The van der Waals surface area contributed by atoms with Crippen LogP contribution in [0.15, 0.2) is 41.1 Å². The van der Waals surface area contributed by atoms with E-state index in [2.05, 4.69) is 31.5 Å². The lowest BCUT2D eigenvalue weighted by Crippen LogP contribution is -2.45. The van der Waals surface area contributed by atoms with Crippen molar-refractivity contribution in [2.75, 3.05) is 5.32 Å². The van der Waals surface area contributed by atoms with Crippen molar-refractivity contribution < 1.29 is 14.3 Å². The van der Waals surface area contributed by atoms with Gasteiger partial charge < -0.3 is 15.7 Å². The smallest absolute Gasteiger partial charge is 0.253 e. The van der Waals surface area contributed by atoms with E-state index in [9.17, 15) is 14.3 Å². The van der Waals surface area contributed by atoms with E-state index >= 15 is 0 Å². The van der Waals surface area contributed by atoms with Gasteiger partial charge in [-0.3, -0.25) is 9.78 Å². The highest BCUT2D eigenvalue weighted by Crippen LogP contribution is 2.25. The number of aliphatic hydroxyl groups is 1. The Morgan fingerprint density at radius 2 is 2.04 bits per heavy atom. The number of anilines is 2. The second-order valence-electron chi connectivity index (χ2n) is 6.10. The van der Waals surface area contributed by atoms with Crippen molar-refractivity contribution in [3.63, 3.8) is 0 Å². The van der Waals surface area contributed by atoms with E-state index in [0.717, 1.165) is 19.3 Å². The van der Waals surface area contributed by atoms with E-state index in [1.165, 1.54) is 18.5 Å². The van der Waals surface area contributed by atoms with Crippen molar-refractivity contribution in [2.45, 2.75) is 37.8 Å². The maximum atomic E-state index is 14.0. The molecule has 3 rings (SSSR count). The highest BCUT2D eigenvalue weighted by molar-refractivity contribution is 9.10. The first-order chi connectivity index (χ1) is 12.0. The fourth-order valence-electron chi connectivity index (χ4n) is 2.95. The maximum Gasteiger partial charge on any atom is 0.253 e. The monoisotopic (exact) mass is 407 g/mol. The van der Waals surface area contributed by atoms with Gasteiger partial charge in [-0.15, -0.1) is 0 Å². The molecule has 1 aromatic heterocycles. The van der Waals surface area contributed by atoms with Crippen LogP contribution in [-0.4, -0.2) is 28.1 Å². The maximum absolute atomic E-state index is 14.0. The topological polar surface area (TPSA) is 74.2 Å². The summed E-state index contributed by atoms with van der Waals surface area (Å²) in [6, 6.07) is 5.95. The molecule has 0 saturated heterocycles. The van der Waals surface area contributed by atoms with Crippen LogP contribution in [0.2, 0.25) is 0 Å². The van der Waals surface area contributed by atoms with Crippen LogP contribution in [0.5, 0.6) is 0 Å². The number of rotatable bonds is 4. The van der Waals surface area contributed by atoms with E-state index in [4.69, 9.17) is 0 Å². The van der Waals surface area contributed by atoms with Gasteiger partial charge in [-0.2, -0.15) is 0 Å². The van der Waals surface area contributed by atoms with Crippen molar-refractivity contribution >= 4 is 33.2 Å². The SMILES string of the molecule is O=C(NC1CCCC[C@H]1O)c1ccncc1Nc1ccc(Br)cc1F. The number of pyridine rings is 1. The van der Waals surface area contributed by atoms with E-state index in [1.807, 2.05) is 0 Å². The Hall–Kier alpha value is -1.99. The van der Waals surface area contributed by atoms with Gasteiger partial charge in [-0.05, 0) is 37.1 Å². The molecule has 1 unspecified atom stereocenters. The minimum absolute atomic E-state index is 0.253. The van der Waals surface area contributed by atoms with Crippen molar-refractivity contribution in [3.05, 3.63) is 52.5 Å². The van der Waals surface area contributed by atoms with Gasteiger partial charge in [-0.25, -0.2) is 4.39 Å². The summed E-state index contributed by atoms with van der Waals surface area (Å²) in [4.78, 5) is 16.6. The molecule has 1 aliphatic carbocycles. The summed E-state index contributed by atoms with van der Waals surface area (Å²) in [5, 5.41) is 15.8. The molecule has 1 fully saturated rings. The molecule has 1 aliphatic rings. The van der Waals surface area contributed by atoms with Gasteiger partial charge in [0, 0.05) is 10.7 Å². The molecule has 1 saturated carbocycles. The number of halogens is 2. The third-order valence-corrected chi connectivity index (χ3v) is 4.81. The molecule has 0 radical (unpaired) electrons. The van der Waals surface area contributed by atoms with Gasteiger partial charge in [0.25, 0.3) is 5.91 Å². The van der Waals surface area contributed by atoms with Crippen LogP contribution in [-0.2, 0) is 0 Å². The molecule has 25 heavy (non-hydrogen) atoms. The average molecular weight is 408 g/mol. The Labute approximate surface area is 153 Å². The summed E-state index contributed by atoms with van der Waals surface area (Å²) in [6.45, 7) is 0. The van der Waals surface area contributed by atoms with Crippen LogP contribution in [0, 0.1) is 5.82 Å². The average Bonchev–Trinajstić information content (AvgIpc) is 2.60. The summed E-state index contributed by atoms with van der Waals surface area (Å²) in [5.74, 6) is -0.749. The quantitative estimate of drug-likeness (QED) is 0.721. The molecule has 5 nitrogen and oxygen atoms in total. The minimum Gasteiger partial charge on any atom is -0.391 e. The first-order valence-electron chi connectivity index (χ1n) is 8.19. The number of nitrogens with zero attached hydrogens (tertiary/aromatic N) is 1. The Balaban J connectivity index is 1.79. The van der Waals surface area contributed by atoms with Crippen LogP contribution in [0.1, 0.15) is 36.0 Å². The molecule has 0 spiro atoms. The van der Waals surface area contributed by atoms with Crippen LogP contribution in [0.4, 0.5) is 15.8 Å². The zero-order valence-electron chi connectivity index (χ0n) is 13.5. The number of nitrogens with one attached hydrogen (secondary N) is 2. The fourth-order valence-corrected chi connectivity index (χ4v) is 3.29. The largest absolute Gasteiger partial charge is 0.391 e. The number of aliphatic hydroxyl groups excluding tert-OH is 1. The highest BCUT2D eigenvalue weighted by atomic mass is 79.9. The standard InChI is InChI=1S/C18H19BrFN3O2/c19-11-5-6-14(13(20)9-11)22-16-10-21-8-7-12(16)18(25)23-15-3-1-2-4-17(15)24/h5-10,15,17,22,24H,1-4H2,(H,23,25)/t15?,17-/m1/s1. The normalized spacial score (nSPS) is 20.1. The van der Waals surface area contributed by atoms with Gasteiger partial charge in [0.15, 0.2) is 0 Å². The molecule has 0 aliphatic heterocycles. The predicted octanol–water partition coefficient (Wildman–Crippen LogP) is 3.76. The zero-order chi connectivity index (χ0) is 17.8. The minimum atomic E-state index is -0.528. The number of hydrogen-bond acceptors (Lipinski definition) is 4. The Morgan fingerprint density at radius 1 is 1.24 bits per heavy atom. The number of benzene rings is 1. The second kappa shape index (κ2) is 7.93. The first kappa shape index (κ1) is 17.8. The lowest BCUT2D eigenvalue weighted by atomic mass is 9.92. The zero-order valence-corrected chi connectivity index (χ0v) is 15.1. The summed E-state index contributed by atoms with van der Waals surface area (Å²) in [7, 11) is 0. The number of hydrogen-bond donors (Lipinski definition) is 3. The number of aromatic nitrogens is 1. The van der Waals surface area contributed by atoms with Crippen LogP contribution in [0.25, 0.3) is 0 Å². The number of carbonyl (C=O) groups is 1. The fraction of sp³-hybridized carbons (Fsp3) is 0.333. The molecule has 0 bridgehead atoms. The molecule has 3 N–H and O–H groups in total. The molecule has 2 atom stereocenters. The number of carbonyl (C=O) groups excluding carboxylic acids is 1. The van der Waals surface area contributed by atoms with E-state index in [0.29, 0.717) is 22.1 Å². The van der Waals surface area contributed by atoms with E-state index in [-0.39, 0.29) is 17.6 Å². The third-order valence-electron chi connectivity index (χ3n) is 4.31. The molecular weight excluding hydrogens is 389 g/mol. The Kier molecular flexibility index (Phi) is 5.65. The predicted molar refractivity (Wildman–Crippen MR) is 97.3 cm³/mol. The van der Waals surface area contributed by atoms with Gasteiger partial charge >= 0.3 is 0 Å². The van der Waals surface area contributed by atoms with E-state index < -0.39 is 11.9 Å². The Morgan fingerprint density at radius 3 is 2.80 bits per heavy atom. The number of amides is 1. The highest BCUT2D eigenvalue weighted by Gasteiger charge is 2.25. The van der Waals surface area contributed by atoms with Crippen molar-refractivity contribution in [3.8, 4) is 0 Å². The van der Waals surface area contributed by atoms with Crippen LogP contribution < -0.4 is 10.6 Å². The lowest BCUT2D eigenvalue weighted by Gasteiger charge is -2.28. The van der Waals surface area contributed by atoms with Crippen molar-refractivity contribution in [1.82, 2.24) is 10.3 Å². The molecule has 132 valence electrons. The molecule has 2 aromatic rings.